The fourth-order valence-corrected chi connectivity index (χ4v) is 3.49. The van der Waals surface area contributed by atoms with Gasteiger partial charge in [0, 0.05) is 43.5 Å². The Bertz CT molecular complexity index is 907. The van der Waals surface area contributed by atoms with E-state index in [-0.39, 0.29) is 18.3 Å². The first-order valence-electron chi connectivity index (χ1n) is 9.69. The number of rotatable bonds is 5. The van der Waals surface area contributed by atoms with E-state index in [4.69, 9.17) is 4.74 Å². The highest BCUT2D eigenvalue weighted by Gasteiger charge is 2.35. The average Bonchev–Trinajstić information content (AvgIpc) is 2.74. The van der Waals surface area contributed by atoms with Gasteiger partial charge in [0.2, 0.25) is 5.91 Å². The van der Waals surface area contributed by atoms with E-state index in [0.29, 0.717) is 37.4 Å². The number of anilines is 2. The Balaban J connectivity index is 1.61. The van der Waals surface area contributed by atoms with Crippen LogP contribution in [-0.2, 0) is 24.5 Å². The highest BCUT2D eigenvalue weighted by atomic mass is 19.1. The maximum atomic E-state index is 13.3. The molecule has 2 aromatic rings. The van der Waals surface area contributed by atoms with Gasteiger partial charge in [0.05, 0.1) is 0 Å². The second kappa shape index (κ2) is 9.49. The minimum absolute atomic E-state index is 0.200. The Labute approximate surface area is 174 Å². The summed E-state index contributed by atoms with van der Waals surface area (Å²) in [5, 5.41) is 7.86. The van der Waals surface area contributed by atoms with Gasteiger partial charge < -0.3 is 20.7 Å². The lowest BCUT2D eigenvalue weighted by Crippen LogP contribution is -2.47. The second-order valence-corrected chi connectivity index (χ2v) is 7.29. The molecule has 0 atom stereocenters. The molecule has 0 aliphatic carbocycles. The fraction of sp³-hybridized carbons (Fsp3) is 0.318. The van der Waals surface area contributed by atoms with Gasteiger partial charge in [0.1, 0.15) is 5.82 Å². The Kier molecular flexibility index (Phi) is 6.79. The minimum atomic E-state index is -0.788. The zero-order valence-electron chi connectivity index (χ0n) is 16.7. The molecule has 1 heterocycles. The van der Waals surface area contributed by atoms with Gasteiger partial charge in [-0.25, -0.2) is 4.39 Å². The summed E-state index contributed by atoms with van der Waals surface area (Å²) in [5.41, 5.74) is 1.51. The van der Waals surface area contributed by atoms with Crippen LogP contribution in [0.25, 0.3) is 0 Å². The van der Waals surface area contributed by atoms with Crippen LogP contribution in [0.1, 0.15) is 25.3 Å². The van der Waals surface area contributed by atoms with Crippen molar-refractivity contribution in [1.29, 1.82) is 0 Å². The average molecular weight is 413 g/mol. The van der Waals surface area contributed by atoms with E-state index in [1.807, 2.05) is 0 Å². The largest absolute Gasteiger partial charge is 0.381 e. The summed E-state index contributed by atoms with van der Waals surface area (Å²) in [6.45, 7) is 2.70. The van der Waals surface area contributed by atoms with Crippen LogP contribution in [0.5, 0.6) is 0 Å². The first-order valence-corrected chi connectivity index (χ1v) is 9.69. The number of carbonyl (C=O) groups excluding carboxylic acids is 3. The number of carbonyl (C=O) groups is 3. The molecule has 1 aliphatic heterocycles. The van der Waals surface area contributed by atoms with Gasteiger partial charge >= 0.3 is 11.8 Å². The summed E-state index contributed by atoms with van der Waals surface area (Å²) in [7, 11) is 0. The Morgan fingerprint density at radius 3 is 2.03 bits per heavy atom. The SMILES string of the molecule is CC(=O)Nc1ccc(NC(=O)C(=O)NCC2(c3ccc(F)cc3)CCOCC2)cc1. The molecule has 1 aliphatic rings. The number of halogens is 1. The van der Waals surface area contributed by atoms with Crippen molar-refractivity contribution in [3.63, 3.8) is 0 Å². The smallest absolute Gasteiger partial charge is 0.313 e. The third-order valence-corrected chi connectivity index (χ3v) is 5.16. The highest BCUT2D eigenvalue weighted by molar-refractivity contribution is 6.39. The van der Waals surface area contributed by atoms with Gasteiger partial charge in [-0.05, 0) is 54.8 Å². The molecule has 158 valence electrons. The van der Waals surface area contributed by atoms with Crippen LogP contribution in [0.4, 0.5) is 15.8 Å². The number of amides is 3. The molecule has 30 heavy (non-hydrogen) atoms. The number of hydrogen-bond acceptors (Lipinski definition) is 4. The predicted molar refractivity (Wildman–Crippen MR) is 111 cm³/mol. The van der Waals surface area contributed by atoms with E-state index in [9.17, 15) is 18.8 Å². The summed E-state index contributed by atoms with van der Waals surface area (Å²) in [6.07, 6.45) is 1.32. The third kappa shape index (κ3) is 5.42. The summed E-state index contributed by atoms with van der Waals surface area (Å²) >= 11 is 0. The quantitative estimate of drug-likeness (QED) is 0.657. The lowest BCUT2D eigenvalue weighted by Gasteiger charge is -2.37. The molecular formula is C22H24FN3O4. The fourth-order valence-electron chi connectivity index (χ4n) is 3.49. The van der Waals surface area contributed by atoms with Crippen molar-refractivity contribution in [1.82, 2.24) is 5.32 Å². The van der Waals surface area contributed by atoms with Gasteiger partial charge in [0.25, 0.3) is 0 Å². The van der Waals surface area contributed by atoms with Crippen molar-refractivity contribution in [2.24, 2.45) is 0 Å². The van der Waals surface area contributed by atoms with Gasteiger partial charge in [-0.15, -0.1) is 0 Å². The monoisotopic (exact) mass is 413 g/mol. The first kappa shape index (κ1) is 21.4. The number of hydrogen-bond donors (Lipinski definition) is 3. The van der Waals surface area contributed by atoms with E-state index in [2.05, 4.69) is 16.0 Å². The predicted octanol–water partition coefficient (Wildman–Crippen LogP) is 2.59. The standard InChI is InChI=1S/C22H24FN3O4/c1-15(27)25-18-6-8-19(9-7-18)26-21(29)20(28)24-14-22(10-12-30-13-11-22)16-2-4-17(23)5-3-16/h2-9H,10-14H2,1H3,(H,24,28)(H,25,27)(H,26,29). The number of benzene rings is 2. The van der Waals surface area contributed by atoms with Crippen molar-refractivity contribution in [3.05, 3.63) is 59.9 Å². The zero-order chi connectivity index (χ0) is 21.6. The molecule has 7 nitrogen and oxygen atoms in total. The molecule has 3 amide bonds. The third-order valence-electron chi connectivity index (χ3n) is 5.16. The van der Waals surface area contributed by atoms with Gasteiger partial charge in [0.15, 0.2) is 0 Å². The normalized spacial score (nSPS) is 15.1. The molecule has 1 saturated heterocycles. The van der Waals surface area contributed by atoms with Crippen molar-refractivity contribution < 1.29 is 23.5 Å². The maximum absolute atomic E-state index is 13.3. The summed E-state index contributed by atoms with van der Waals surface area (Å²) in [6, 6.07) is 12.6. The Morgan fingerprint density at radius 1 is 0.900 bits per heavy atom. The molecule has 3 rings (SSSR count). The van der Waals surface area contributed by atoms with Crippen molar-refractivity contribution in [3.8, 4) is 0 Å². The first-order chi connectivity index (χ1) is 14.4. The molecule has 0 unspecified atom stereocenters. The lowest BCUT2D eigenvalue weighted by atomic mass is 9.74. The van der Waals surface area contributed by atoms with Gasteiger partial charge in [-0.1, -0.05) is 12.1 Å². The lowest BCUT2D eigenvalue weighted by molar-refractivity contribution is -0.136. The summed E-state index contributed by atoms with van der Waals surface area (Å²) < 4.78 is 18.8. The van der Waals surface area contributed by atoms with E-state index >= 15 is 0 Å². The molecule has 0 aromatic heterocycles. The van der Waals surface area contributed by atoms with E-state index in [1.165, 1.54) is 19.1 Å². The molecule has 2 aromatic carbocycles. The van der Waals surface area contributed by atoms with Crippen LogP contribution in [0.15, 0.2) is 48.5 Å². The van der Waals surface area contributed by atoms with Crippen molar-refractivity contribution in [2.45, 2.75) is 25.2 Å². The molecule has 1 fully saturated rings. The molecule has 8 heteroatoms. The van der Waals surface area contributed by atoms with Crippen LogP contribution in [0.2, 0.25) is 0 Å². The minimum Gasteiger partial charge on any atom is -0.381 e. The van der Waals surface area contributed by atoms with E-state index in [0.717, 1.165) is 5.56 Å². The summed E-state index contributed by atoms with van der Waals surface area (Å²) in [4.78, 5) is 35.7. The van der Waals surface area contributed by atoms with Crippen LogP contribution in [0.3, 0.4) is 0 Å². The molecule has 0 radical (unpaired) electrons. The molecule has 0 spiro atoms. The Morgan fingerprint density at radius 2 is 1.47 bits per heavy atom. The second-order valence-electron chi connectivity index (χ2n) is 7.29. The highest BCUT2D eigenvalue weighted by Crippen LogP contribution is 2.34. The summed E-state index contributed by atoms with van der Waals surface area (Å²) in [5.74, 6) is -2.07. The number of ether oxygens (including phenoxy) is 1. The van der Waals surface area contributed by atoms with E-state index in [1.54, 1.807) is 36.4 Å². The van der Waals surface area contributed by atoms with Gasteiger partial charge in [-0.2, -0.15) is 0 Å². The van der Waals surface area contributed by atoms with Gasteiger partial charge in [-0.3, -0.25) is 14.4 Å². The van der Waals surface area contributed by atoms with Crippen molar-refractivity contribution in [2.75, 3.05) is 30.4 Å². The topological polar surface area (TPSA) is 96.5 Å². The molecular weight excluding hydrogens is 389 g/mol. The zero-order valence-corrected chi connectivity index (χ0v) is 16.7. The molecule has 0 bridgehead atoms. The Hall–Kier alpha value is -3.26. The number of nitrogens with one attached hydrogen (secondary N) is 3. The van der Waals surface area contributed by atoms with Crippen molar-refractivity contribution >= 4 is 29.1 Å². The molecule has 0 saturated carbocycles. The van der Waals surface area contributed by atoms with E-state index < -0.39 is 17.2 Å². The molecule has 3 N–H and O–H groups in total. The van der Waals surface area contributed by atoms with Crippen LogP contribution < -0.4 is 16.0 Å². The van der Waals surface area contributed by atoms with Crippen LogP contribution >= 0.6 is 0 Å². The van der Waals surface area contributed by atoms with Crippen LogP contribution in [-0.4, -0.2) is 37.5 Å². The maximum Gasteiger partial charge on any atom is 0.313 e. The van der Waals surface area contributed by atoms with Crippen LogP contribution in [0, 0.1) is 5.82 Å².